The summed E-state index contributed by atoms with van der Waals surface area (Å²) < 4.78 is 4.82. The number of nitrogens with zero attached hydrogens (tertiary/aromatic N) is 6. The minimum Gasteiger partial charge on any atom is -0.476 e. The van der Waals surface area contributed by atoms with Gasteiger partial charge in [-0.2, -0.15) is 15.3 Å². The molecule has 0 saturated heterocycles. The number of aromatic nitrogens is 6. The lowest BCUT2D eigenvalue weighted by Crippen LogP contribution is -2.15. The van der Waals surface area contributed by atoms with Crippen LogP contribution in [0.15, 0.2) is 24.8 Å². The Morgan fingerprint density at radius 2 is 1.96 bits per heavy atom. The summed E-state index contributed by atoms with van der Waals surface area (Å²) in [5.74, 6) is -1.81. The standard InChI is InChI=1S/C16H19N7O3/c1-4-22-6-11(10(2)19-22)7-23-8-12(5-17-23)18-15(24)13-9-21(3)20-14(13)16(25)26/h5-6,8-9H,4,7H2,1-3H3,(H,18,24)(H,25,26). The molecular weight excluding hydrogens is 338 g/mol. The van der Waals surface area contributed by atoms with Gasteiger partial charge in [0.2, 0.25) is 0 Å². The molecule has 3 aromatic heterocycles. The zero-order valence-corrected chi connectivity index (χ0v) is 14.7. The first-order chi connectivity index (χ1) is 12.4. The van der Waals surface area contributed by atoms with Crippen LogP contribution in [0.3, 0.4) is 0 Å². The first-order valence-corrected chi connectivity index (χ1v) is 8.01. The van der Waals surface area contributed by atoms with Gasteiger partial charge in [0.15, 0.2) is 5.69 Å². The van der Waals surface area contributed by atoms with Crippen LogP contribution in [0.5, 0.6) is 0 Å². The predicted molar refractivity (Wildman–Crippen MR) is 92.1 cm³/mol. The van der Waals surface area contributed by atoms with E-state index < -0.39 is 11.9 Å². The van der Waals surface area contributed by atoms with Crippen molar-refractivity contribution < 1.29 is 14.7 Å². The molecule has 0 bridgehead atoms. The Hall–Kier alpha value is -3.43. The topological polar surface area (TPSA) is 120 Å². The number of hydrogen-bond acceptors (Lipinski definition) is 5. The lowest BCUT2D eigenvalue weighted by molar-refractivity contribution is 0.0685. The molecule has 10 nitrogen and oxygen atoms in total. The van der Waals surface area contributed by atoms with Crippen LogP contribution in [-0.4, -0.2) is 46.3 Å². The summed E-state index contributed by atoms with van der Waals surface area (Å²) in [6, 6.07) is 0. The molecule has 3 aromatic rings. The van der Waals surface area contributed by atoms with Gasteiger partial charge in [0.25, 0.3) is 5.91 Å². The van der Waals surface area contributed by atoms with E-state index in [1.807, 2.05) is 24.7 Å². The molecule has 10 heteroatoms. The van der Waals surface area contributed by atoms with Crippen LogP contribution in [0.25, 0.3) is 0 Å². The number of aryl methyl sites for hydroxylation is 3. The number of carboxylic acid groups (broad SMARTS) is 1. The van der Waals surface area contributed by atoms with Crippen LogP contribution in [-0.2, 0) is 20.1 Å². The number of carbonyl (C=O) groups is 2. The van der Waals surface area contributed by atoms with E-state index in [4.69, 9.17) is 5.11 Å². The Balaban J connectivity index is 1.73. The maximum absolute atomic E-state index is 12.3. The van der Waals surface area contributed by atoms with Gasteiger partial charge in [-0.15, -0.1) is 0 Å². The van der Waals surface area contributed by atoms with Gasteiger partial charge in [-0.1, -0.05) is 0 Å². The van der Waals surface area contributed by atoms with Crippen molar-refractivity contribution in [2.24, 2.45) is 7.05 Å². The van der Waals surface area contributed by atoms with Crippen LogP contribution < -0.4 is 5.32 Å². The molecule has 0 aliphatic carbocycles. The van der Waals surface area contributed by atoms with Crippen molar-refractivity contribution in [3.63, 3.8) is 0 Å². The zero-order chi connectivity index (χ0) is 18.8. The van der Waals surface area contributed by atoms with Gasteiger partial charge in [0.05, 0.1) is 29.7 Å². The summed E-state index contributed by atoms with van der Waals surface area (Å²) in [5.41, 5.74) is 2.13. The van der Waals surface area contributed by atoms with Crippen molar-refractivity contribution >= 4 is 17.6 Å². The molecule has 0 fully saturated rings. The SMILES string of the molecule is CCn1cc(Cn2cc(NC(=O)c3cn(C)nc3C(=O)O)cn2)c(C)n1. The number of aromatic carboxylic acids is 1. The van der Waals surface area contributed by atoms with Crippen LogP contribution in [0, 0.1) is 6.92 Å². The monoisotopic (exact) mass is 357 g/mol. The Kier molecular flexibility index (Phi) is 4.57. The van der Waals surface area contributed by atoms with Crippen molar-refractivity contribution in [2.45, 2.75) is 26.9 Å². The number of amides is 1. The molecule has 1 amide bonds. The summed E-state index contributed by atoms with van der Waals surface area (Å²) in [6.45, 7) is 5.26. The van der Waals surface area contributed by atoms with Crippen molar-refractivity contribution in [2.75, 3.05) is 5.32 Å². The molecule has 0 unspecified atom stereocenters. The summed E-state index contributed by atoms with van der Waals surface area (Å²) >= 11 is 0. The highest BCUT2D eigenvalue weighted by atomic mass is 16.4. The fraction of sp³-hybridized carbons (Fsp3) is 0.312. The first-order valence-electron chi connectivity index (χ1n) is 8.01. The maximum atomic E-state index is 12.3. The molecule has 0 aliphatic rings. The van der Waals surface area contributed by atoms with Crippen LogP contribution in [0.2, 0.25) is 0 Å². The smallest absolute Gasteiger partial charge is 0.357 e. The summed E-state index contributed by atoms with van der Waals surface area (Å²) in [7, 11) is 1.56. The summed E-state index contributed by atoms with van der Waals surface area (Å²) in [6.07, 6.45) is 6.52. The number of anilines is 1. The van der Waals surface area contributed by atoms with Gasteiger partial charge in [-0.3, -0.25) is 18.8 Å². The average Bonchev–Trinajstić information content (AvgIpc) is 3.27. The lowest BCUT2D eigenvalue weighted by atomic mass is 10.2. The van der Waals surface area contributed by atoms with Gasteiger partial charge in [0, 0.05) is 37.7 Å². The van der Waals surface area contributed by atoms with Crippen LogP contribution >= 0.6 is 0 Å². The van der Waals surface area contributed by atoms with Gasteiger partial charge < -0.3 is 10.4 Å². The minimum absolute atomic E-state index is 0.00665. The Morgan fingerprint density at radius 3 is 2.62 bits per heavy atom. The highest BCUT2D eigenvalue weighted by Crippen LogP contribution is 2.13. The van der Waals surface area contributed by atoms with E-state index in [0.29, 0.717) is 12.2 Å². The molecule has 3 rings (SSSR count). The molecule has 26 heavy (non-hydrogen) atoms. The van der Waals surface area contributed by atoms with Crippen molar-refractivity contribution in [3.05, 3.63) is 47.3 Å². The number of carboxylic acids is 1. The second kappa shape index (κ2) is 6.82. The van der Waals surface area contributed by atoms with E-state index in [-0.39, 0.29) is 11.3 Å². The second-order valence-corrected chi connectivity index (χ2v) is 5.85. The number of nitrogens with one attached hydrogen (secondary N) is 1. The zero-order valence-electron chi connectivity index (χ0n) is 14.7. The molecule has 0 aromatic carbocycles. The fourth-order valence-electron chi connectivity index (χ4n) is 2.58. The van der Waals surface area contributed by atoms with Crippen molar-refractivity contribution in [3.8, 4) is 0 Å². The summed E-state index contributed by atoms with van der Waals surface area (Å²) in [5, 5.41) is 24.2. The Labute approximate surface area is 149 Å². The van der Waals surface area contributed by atoms with E-state index in [9.17, 15) is 9.59 Å². The van der Waals surface area contributed by atoms with Crippen molar-refractivity contribution in [1.82, 2.24) is 29.3 Å². The largest absolute Gasteiger partial charge is 0.476 e. The van der Waals surface area contributed by atoms with Crippen LogP contribution in [0.1, 0.15) is 39.0 Å². The van der Waals surface area contributed by atoms with Gasteiger partial charge in [-0.25, -0.2) is 4.79 Å². The fourth-order valence-corrected chi connectivity index (χ4v) is 2.58. The van der Waals surface area contributed by atoms with E-state index in [2.05, 4.69) is 20.6 Å². The number of rotatable bonds is 6. The molecule has 2 N–H and O–H groups in total. The van der Waals surface area contributed by atoms with E-state index in [1.54, 1.807) is 17.9 Å². The van der Waals surface area contributed by atoms with Crippen LogP contribution in [0.4, 0.5) is 5.69 Å². The minimum atomic E-state index is -1.25. The second-order valence-electron chi connectivity index (χ2n) is 5.85. The van der Waals surface area contributed by atoms with E-state index in [0.717, 1.165) is 17.8 Å². The third kappa shape index (κ3) is 3.48. The predicted octanol–water partition coefficient (Wildman–Crippen LogP) is 1.14. The third-order valence-electron chi connectivity index (χ3n) is 3.87. The quantitative estimate of drug-likeness (QED) is 0.683. The summed E-state index contributed by atoms with van der Waals surface area (Å²) in [4.78, 5) is 23.5. The molecule has 3 heterocycles. The first kappa shape index (κ1) is 17.4. The molecule has 0 spiro atoms. The molecule has 0 atom stereocenters. The molecule has 0 radical (unpaired) electrons. The van der Waals surface area contributed by atoms with E-state index in [1.165, 1.54) is 17.1 Å². The Bertz CT molecular complexity index is 967. The molecule has 0 aliphatic heterocycles. The number of carbonyl (C=O) groups excluding carboxylic acids is 1. The molecule has 136 valence electrons. The van der Waals surface area contributed by atoms with E-state index >= 15 is 0 Å². The normalized spacial score (nSPS) is 10.9. The lowest BCUT2D eigenvalue weighted by Gasteiger charge is -2.01. The number of hydrogen-bond donors (Lipinski definition) is 2. The average molecular weight is 357 g/mol. The third-order valence-corrected chi connectivity index (χ3v) is 3.87. The van der Waals surface area contributed by atoms with Gasteiger partial charge in [0.1, 0.15) is 0 Å². The molecule has 0 saturated carbocycles. The Morgan fingerprint density at radius 1 is 1.19 bits per heavy atom. The van der Waals surface area contributed by atoms with Crippen molar-refractivity contribution in [1.29, 1.82) is 0 Å². The highest BCUT2D eigenvalue weighted by Gasteiger charge is 2.21. The molecular formula is C16H19N7O3. The van der Waals surface area contributed by atoms with Gasteiger partial charge >= 0.3 is 5.97 Å². The maximum Gasteiger partial charge on any atom is 0.357 e. The van der Waals surface area contributed by atoms with Gasteiger partial charge in [-0.05, 0) is 13.8 Å². The highest BCUT2D eigenvalue weighted by molar-refractivity contribution is 6.09.